The minimum absolute atomic E-state index is 0.0806. The molecule has 2 fully saturated rings. The molecular weight excluding hydrogens is 1860 g/mol. The fraction of sp³-hybridized carbons (Fsp3) is 0.465. The van der Waals surface area contributed by atoms with Crippen molar-refractivity contribution in [3.63, 3.8) is 0 Å². The Kier molecular flexibility index (Phi) is 40.9. The number of carbonyl (C=O) groups excluding carboxylic acids is 17. The Morgan fingerprint density at radius 2 is 1.23 bits per heavy atom. The quantitative estimate of drug-likeness (QED) is 0.0192. The molecule has 15 amide bonds. The van der Waals surface area contributed by atoms with E-state index in [0.717, 1.165) is 56.8 Å². The number of primary amides is 2. The number of benzene rings is 5. The Bertz CT molecular complexity index is 5670. The van der Waals surface area contributed by atoms with Gasteiger partial charge in [0, 0.05) is 150 Å². The number of nitrogens with one attached hydrogen (secondary N) is 12. The number of H-pyrrole nitrogens is 1. The van der Waals surface area contributed by atoms with E-state index in [1.165, 1.54) is 61.0 Å². The summed E-state index contributed by atoms with van der Waals surface area (Å²) in [5.74, 6) is -18.9. The maximum atomic E-state index is 16.6. The van der Waals surface area contributed by atoms with Crippen LogP contribution in [0.2, 0.25) is 0 Å². The maximum absolute atomic E-state index is 16.6. The summed E-state index contributed by atoms with van der Waals surface area (Å²) in [6.07, 6.45) is -2.97. The van der Waals surface area contributed by atoms with Crippen molar-refractivity contribution in [2.45, 2.75) is 240 Å². The molecular formula is C99H128N18O22S2. The normalized spacial score (nSPS) is 19.2. The molecule has 0 bridgehead atoms. The van der Waals surface area contributed by atoms with Gasteiger partial charge >= 0.3 is 5.97 Å². The number of pyridine rings is 1. The monoisotopic (exact) mass is 1980 g/mol. The number of aromatic nitrogens is 2. The summed E-state index contributed by atoms with van der Waals surface area (Å²) >= 11 is 0. The van der Waals surface area contributed by atoms with Gasteiger partial charge in [-0.2, -0.15) is 0 Å². The van der Waals surface area contributed by atoms with Crippen LogP contribution in [0.5, 0.6) is 5.75 Å². The van der Waals surface area contributed by atoms with Gasteiger partial charge in [0.2, 0.25) is 88.6 Å². The Labute approximate surface area is 824 Å². The second kappa shape index (κ2) is 52.0. The lowest BCUT2D eigenvalue weighted by Crippen LogP contribution is -2.65. The van der Waals surface area contributed by atoms with Crippen LogP contribution in [-0.2, 0) is 123 Å². The van der Waals surface area contributed by atoms with Crippen LogP contribution in [0.25, 0.3) is 21.7 Å². The van der Waals surface area contributed by atoms with Gasteiger partial charge in [-0.15, -0.1) is 0 Å². The number of aryl methyl sites for hydroxylation is 1. The van der Waals surface area contributed by atoms with Crippen LogP contribution in [0, 0.1) is 12.8 Å². The lowest BCUT2D eigenvalue weighted by atomic mass is 9.80. The van der Waals surface area contributed by atoms with E-state index in [4.69, 9.17) is 26.7 Å². The van der Waals surface area contributed by atoms with Crippen LogP contribution in [0.3, 0.4) is 0 Å². The molecule has 2 aliphatic heterocycles. The zero-order valence-corrected chi connectivity index (χ0v) is 82.2. The fourth-order valence-corrected chi connectivity index (χ4v) is 19.4. The van der Waals surface area contributed by atoms with Gasteiger partial charge in [-0.1, -0.05) is 131 Å². The van der Waals surface area contributed by atoms with Crippen molar-refractivity contribution in [2.24, 2.45) is 23.1 Å². The third-order valence-corrected chi connectivity index (χ3v) is 28.6. The van der Waals surface area contributed by atoms with E-state index in [2.05, 4.69) is 68.5 Å². The summed E-state index contributed by atoms with van der Waals surface area (Å²) in [5.41, 5.74) is 19.2. The molecule has 0 unspecified atom stereocenters. The Morgan fingerprint density at radius 1 is 0.624 bits per heavy atom. The number of nitrogens with two attached hydrogens (primary N) is 3. The first-order chi connectivity index (χ1) is 66.8. The van der Waals surface area contributed by atoms with Crippen molar-refractivity contribution in [2.75, 3.05) is 46.5 Å². The standard InChI is InChI=1S/C99H128N18O22S2/c1-56-20-18-26-70-68(53-104-82(56)70)48-74-89(130)106-71(27-16-17-40-117(60(5)121)55-62-21-12-11-13-22-62)87(128)114-85(98(8,9)141-140-97(6,7)84(105-59(4)120)94(135)111-76(51-80(102)124)91(132)113-83(58(3)119)93(134)109-74)95(136)110-72(45-61-29-33-69(34-30-61)139-43-38-100)88(129)108-73(46-63-28-31-65-24-14-15-25-66(65)44-63)92(133)115-99(36-41-138-42-37-99)78(122)49-67(32-35-81(125)126)86(127)107-75(50-79(101)123)90(131)112-77(47-64-23-19-39-103-52-64)96(137)116(10)54-57(2)118/h11-15,18-26,28-31,33-34,39,44,52-53,58,67,71-77,83-85,104,119H,16-17,27,32,35-38,40-43,45-51,54-55,100H2,1-10H3,(H2,101,123)(H2,102,124)(H,105,120)(H,106,130)(H,107,127)(H,108,129)(H,109,134)(H,110,136)(H,111,135)(H,112,131)(H,113,132)(H,114,128)(H,115,133)(H,125,126)/t58-,67-,71+,72+,73+,74+,75+,76+,77+,83+,84-,85-/m1/s1. The van der Waals surface area contributed by atoms with E-state index in [-0.39, 0.29) is 103 Å². The molecule has 2 aromatic heterocycles. The SMILES string of the molecule is CC(=O)CN(C)C(=O)[C@H](Cc1cccnc1)NC(=O)[C@H](CC(N)=O)NC(=O)[C@H](CCC(=O)O)CC(=O)C1(NC(=O)[C@H](Cc2ccc3ccccc3c2)NC(=O)[C@H](Cc2ccc(OCCN)cc2)NC(=O)[C@H]2NC(=O)[C@H](CCCCN(Cc3ccccc3)C(C)=O)NC(=O)[C@H](Cc3c[nH]c4c(C)cccc34)NC(=O)[C@H]([C@@H](C)O)NC(=O)[C@H](CC(N)=O)NC(=O)[C@@H](NC(C)=O)C(C)(C)SSC2(C)C)CCOCC1. The number of carboxylic acid groups (broad SMARTS) is 1. The molecule has 42 heteroatoms. The van der Waals surface area contributed by atoms with Crippen molar-refractivity contribution in [3.8, 4) is 5.75 Å². The van der Waals surface area contributed by atoms with E-state index in [1.54, 1.807) is 83.9 Å². The zero-order valence-electron chi connectivity index (χ0n) is 80.6. The van der Waals surface area contributed by atoms with Crippen molar-refractivity contribution in [3.05, 3.63) is 179 Å². The van der Waals surface area contributed by atoms with E-state index in [0.29, 0.717) is 44.3 Å². The summed E-state index contributed by atoms with van der Waals surface area (Å²) in [7, 11) is 3.12. The number of hydrogen-bond donors (Lipinski definition) is 17. The molecule has 0 radical (unpaired) electrons. The summed E-state index contributed by atoms with van der Waals surface area (Å²) in [6, 6.07) is 18.9. The predicted octanol–water partition coefficient (Wildman–Crippen LogP) is 1.96. The molecule has 40 nitrogen and oxygen atoms in total. The molecule has 0 spiro atoms. The summed E-state index contributed by atoms with van der Waals surface area (Å²) in [4.78, 5) is 272. The molecule has 758 valence electrons. The first kappa shape index (κ1) is 111. The molecule has 141 heavy (non-hydrogen) atoms. The zero-order chi connectivity index (χ0) is 103. The number of Topliss-reactive ketones (excluding diaryl/α,β-unsaturated/α-hetero) is 2. The number of aliphatic hydroxyl groups is 1. The van der Waals surface area contributed by atoms with Crippen molar-refractivity contribution in [1.82, 2.24) is 78.3 Å². The molecule has 2 aliphatic rings. The number of carboxylic acids is 1. The number of aromatic amines is 1. The van der Waals surface area contributed by atoms with Gasteiger partial charge in [0.1, 0.15) is 84.1 Å². The van der Waals surface area contributed by atoms with E-state index < -0.39 is 226 Å². The molecule has 0 aliphatic carbocycles. The van der Waals surface area contributed by atoms with Gasteiger partial charge in [-0.25, -0.2) is 0 Å². The molecule has 5 aromatic carbocycles. The number of likely N-dealkylation sites (N-methyl/N-ethyl adjacent to an activating group) is 1. The number of aliphatic hydroxyl groups excluding tert-OH is 1. The number of aliphatic carboxylic acids is 1. The summed E-state index contributed by atoms with van der Waals surface area (Å²) in [6.45, 7) is 12.7. The highest BCUT2D eigenvalue weighted by atomic mass is 33.1. The molecule has 12 atom stereocenters. The van der Waals surface area contributed by atoms with E-state index in [1.807, 2.05) is 61.5 Å². The van der Waals surface area contributed by atoms with Gasteiger partial charge in [0.25, 0.3) is 0 Å². The fourth-order valence-electron chi connectivity index (χ4n) is 16.6. The molecule has 7 aromatic rings. The molecule has 0 saturated carbocycles. The van der Waals surface area contributed by atoms with Crippen molar-refractivity contribution in [1.29, 1.82) is 0 Å². The lowest BCUT2D eigenvalue weighted by molar-refractivity contribution is -0.142. The number of nitrogens with zero attached hydrogens (tertiary/aromatic N) is 3. The van der Waals surface area contributed by atoms with Gasteiger partial charge in [0.05, 0.1) is 25.5 Å². The number of hydrogen-bond acceptors (Lipinski definition) is 25. The Morgan fingerprint density at radius 3 is 1.88 bits per heavy atom. The Hall–Kier alpha value is -13.7. The molecule has 4 heterocycles. The second-order valence-electron chi connectivity index (χ2n) is 36.7. The second-order valence-corrected chi connectivity index (χ2v) is 40.1. The van der Waals surface area contributed by atoms with Crippen LogP contribution in [0.15, 0.2) is 146 Å². The number of para-hydroxylation sites is 1. The van der Waals surface area contributed by atoms with Crippen LogP contribution >= 0.6 is 21.6 Å². The summed E-state index contributed by atoms with van der Waals surface area (Å²) in [5, 5.41) is 53.2. The van der Waals surface area contributed by atoms with Crippen LogP contribution in [0.1, 0.15) is 153 Å². The third kappa shape index (κ3) is 33.0. The average Bonchev–Trinajstić information content (AvgIpc) is 1.64. The van der Waals surface area contributed by atoms with Crippen molar-refractivity contribution < 1.29 is 106 Å². The van der Waals surface area contributed by atoms with Gasteiger partial charge in [-0.3, -0.25) is 91.3 Å². The maximum Gasteiger partial charge on any atom is 0.303 e. The topological polar surface area (TPSA) is 612 Å². The third-order valence-electron chi connectivity index (χ3n) is 24.3. The van der Waals surface area contributed by atoms with Gasteiger partial charge in [0.15, 0.2) is 5.78 Å². The smallest absolute Gasteiger partial charge is 0.303 e. The first-order valence-corrected chi connectivity index (χ1v) is 48.6. The minimum Gasteiger partial charge on any atom is -0.492 e. The number of carbonyl (C=O) groups is 18. The summed E-state index contributed by atoms with van der Waals surface area (Å²) < 4.78 is 8.33. The van der Waals surface area contributed by atoms with Gasteiger partial charge < -0.3 is 110 Å². The number of ether oxygens (including phenoxy) is 2. The Balaban J connectivity index is 1.14. The van der Waals surface area contributed by atoms with Crippen molar-refractivity contribution >= 4 is 149 Å². The highest BCUT2D eigenvalue weighted by molar-refractivity contribution is 8.77. The van der Waals surface area contributed by atoms with Gasteiger partial charge in [-0.05, 0) is 137 Å². The number of ketones is 2. The van der Waals surface area contributed by atoms with Crippen LogP contribution in [-0.4, -0.2) is 264 Å². The number of fused-ring (bicyclic) bond motifs is 2. The molecule has 2 saturated heterocycles. The average molecular weight is 1990 g/mol. The molecule has 20 N–H and O–H groups in total. The van der Waals surface area contributed by atoms with E-state index in [9.17, 15) is 58.2 Å². The lowest BCUT2D eigenvalue weighted by Gasteiger charge is -2.39. The highest BCUT2D eigenvalue weighted by Crippen LogP contribution is 2.47. The number of rotatable bonds is 43. The highest BCUT2D eigenvalue weighted by Gasteiger charge is 2.49. The number of amides is 15. The minimum atomic E-state index is -1.99. The number of unbranched alkanes of at least 4 members (excludes halogenated alkanes) is 1. The first-order valence-electron chi connectivity index (χ1n) is 46.5. The predicted molar refractivity (Wildman–Crippen MR) is 525 cm³/mol. The largest absolute Gasteiger partial charge is 0.492 e. The van der Waals surface area contributed by atoms with Crippen LogP contribution in [0.4, 0.5) is 0 Å². The van der Waals surface area contributed by atoms with Crippen LogP contribution < -0.4 is 80.4 Å². The van der Waals surface area contributed by atoms with E-state index >= 15 is 38.4 Å². The molecule has 9 rings (SSSR count).